The van der Waals surface area contributed by atoms with Crippen LogP contribution in [0.1, 0.15) is 37.0 Å². The van der Waals surface area contributed by atoms with Crippen LogP contribution in [0.2, 0.25) is 0 Å². The standard InChI is InChI=1S/C18H28N2O3/c1-12-10-13(2)15(14(3)11-12)20-17(22)18(4,5)16(21)19-8-7-9-23-6/h10-11H,7-9H2,1-6H3,(H,19,21)(H,20,22). The summed E-state index contributed by atoms with van der Waals surface area (Å²) in [5, 5.41) is 5.69. The maximum absolute atomic E-state index is 12.6. The molecule has 0 heterocycles. The zero-order valence-corrected chi connectivity index (χ0v) is 15.0. The molecule has 0 unspecified atom stereocenters. The Labute approximate surface area is 138 Å². The van der Waals surface area contributed by atoms with E-state index in [-0.39, 0.29) is 11.8 Å². The Balaban J connectivity index is 2.77. The van der Waals surface area contributed by atoms with Crippen LogP contribution in [0.25, 0.3) is 0 Å². The number of benzene rings is 1. The minimum atomic E-state index is -1.14. The monoisotopic (exact) mass is 320 g/mol. The van der Waals surface area contributed by atoms with Crippen molar-refractivity contribution in [2.24, 2.45) is 5.41 Å². The van der Waals surface area contributed by atoms with E-state index >= 15 is 0 Å². The molecule has 0 radical (unpaired) electrons. The summed E-state index contributed by atoms with van der Waals surface area (Å²) in [4.78, 5) is 24.8. The SMILES string of the molecule is COCCCNC(=O)C(C)(C)C(=O)Nc1c(C)cc(C)cc1C. The largest absolute Gasteiger partial charge is 0.385 e. The lowest BCUT2D eigenvalue weighted by molar-refractivity contribution is -0.138. The van der Waals surface area contributed by atoms with Crippen LogP contribution in [0.15, 0.2) is 12.1 Å². The van der Waals surface area contributed by atoms with Crippen LogP contribution in [-0.4, -0.2) is 32.1 Å². The number of methoxy groups -OCH3 is 1. The molecule has 128 valence electrons. The molecule has 0 atom stereocenters. The smallest absolute Gasteiger partial charge is 0.239 e. The Morgan fingerprint density at radius 1 is 1.09 bits per heavy atom. The molecule has 2 amide bonds. The second-order valence-electron chi connectivity index (χ2n) is 6.46. The lowest BCUT2D eigenvalue weighted by Gasteiger charge is -2.24. The summed E-state index contributed by atoms with van der Waals surface area (Å²) in [6.07, 6.45) is 0.718. The zero-order valence-electron chi connectivity index (χ0n) is 15.0. The number of amides is 2. The molecule has 0 aliphatic heterocycles. The number of carbonyl (C=O) groups excluding carboxylic acids is 2. The summed E-state index contributed by atoms with van der Waals surface area (Å²) in [6, 6.07) is 4.03. The highest BCUT2D eigenvalue weighted by Crippen LogP contribution is 2.25. The lowest BCUT2D eigenvalue weighted by atomic mass is 9.90. The van der Waals surface area contributed by atoms with Gasteiger partial charge in [-0.1, -0.05) is 17.7 Å². The average molecular weight is 320 g/mol. The second kappa shape index (κ2) is 8.11. The van der Waals surface area contributed by atoms with Gasteiger partial charge in [-0.2, -0.15) is 0 Å². The predicted octanol–water partition coefficient (Wildman–Crippen LogP) is 2.73. The van der Waals surface area contributed by atoms with Gasteiger partial charge in [0.1, 0.15) is 5.41 Å². The lowest BCUT2D eigenvalue weighted by Crippen LogP contribution is -2.45. The highest BCUT2D eigenvalue weighted by molar-refractivity contribution is 6.10. The number of aryl methyl sites for hydroxylation is 3. The summed E-state index contributed by atoms with van der Waals surface area (Å²) in [5.74, 6) is -0.592. The minimum absolute atomic E-state index is 0.284. The first-order valence-corrected chi connectivity index (χ1v) is 7.86. The maximum Gasteiger partial charge on any atom is 0.239 e. The van der Waals surface area contributed by atoms with Crippen LogP contribution in [0.5, 0.6) is 0 Å². The van der Waals surface area contributed by atoms with Crippen molar-refractivity contribution in [2.45, 2.75) is 41.0 Å². The Morgan fingerprint density at radius 2 is 1.65 bits per heavy atom. The minimum Gasteiger partial charge on any atom is -0.385 e. The number of ether oxygens (including phenoxy) is 1. The van der Waals surface area contributed by atoms with E-state index in [0.29, 0.717) is 13.2 Å². The van der Waals surface area contributed by atoms with Gasteiger partial charge in [0.15, 0.2) is 0 Å². The molecule has 2 N–H and O–H groups in total. The zero-order chi connectivity index (χ0) is 17.6. The molecule has 1 aromatic carbocycles. The van der Waals surface area contributed by atoms with E-state index in [1.807, 2.05) is 32.9 Å². The van der Waals surface area contributed by atoms with Crippen LogP contribution in [-0.2, 0) is 14.3 Å². The third kappa shape index (κ3) is 5.06. The third-order valence-electron chi connectivity index (χ3n) is 3.86. The van der Waals surface area contributed by atoms with Gasteiger partial charge < -0.3 is 15.4 Å². The van der Waals surface area contributed by atoms with Gasteiger partial charge in [0.25, 0.3) is 0 Å². The van der Waals surface area contributed by atoms with E-state index in [0.717, 1.165) is 28.8 Å². The van der Waals surface area contributed by atoms with Gasteiger partial charge in [-0.3, -0.25) is 9.59 Å². The second-order valence-corrected chi connectivity index (χ2v) is 6.46. The first-order chi connectivity index (χ1) is 10.7. The van der Waals surface area contributed by atoms with E-state index in [2.05, 4.69) is 10.6 Å². The van der Waals surface area contributed by atoms with Crippen molar-refractivity contribution in [3.8, 4) is 0 Å². The number of rotatable bonds is 7. The fourth-order valence-corrected chi connectivity index (χ4v) is 2.39. The summed E-state index contributed by atoms with van der Waals surface area (Å²) in [5.41, 5.74) is 2.77. The summed E-state index contributed by atoms with van der Waals surface area (Å²) in [6.45, 7) is 10.3. The quantitative estimate of drug-likeness (QED) is 0.599. The van der Waals surface area contributed by atoms with Gasteiger partial charge in [-0.15, -0.1) is 0 Å². The van der Waals surface area contributed by atoms with Crippen LogP contribution in [0.3, 0.4) is 0 Å². The molecule has 0 aliphatic carbocycles. The van der Waals surface area contributed by atoms with E-state index < -0.39 is 5.41 Å². The molecular weight excluding hydrogens is 292 g/mol. The average Bonchev–Trinajstić information content (AvgIpc) is 2.46. The highest BCUT2D eigenvalue weighted by atomic mass is 16.5. The number of hydrogen-bond acceptors (Lipinski definition) is 3. The van der Waals surface area contributed by atoms with Gasteiger partial charge >= 0.3 is 0 Å². The Kier molecular flexibility index (Phi) is 6.76. The first kappa shape index (κ1) is 19.2. The maximum atomic E-state index is 12.6. The molecule has 0 saturated carbocycles. The fraction of sp³-hybridized carbons (Fsp3) is 0.556. The Morgan fingerprint density at radius 3 is 2.17 bits per heavy atom. The molecule has 0 aliphatic rings. The van der Waals surface area contributed by atoms with Crippen molar-refractivity contribution in [3.63, 3.8) is 0 Å². The van der Waals surface area contributed by atoms with Crippen LogP contribution >= 0.6 is 0 Å². The van der Waals surface area contributed by atoms with Crippen molar-refractivity contribution < 1.29 is 14.3 Å². The normalized spacial score (nSPS) is 11.2. The molecule has 0 aromatic heterocycles. The van der Waals surface area contributed by atoms with E-state index in [1.54, 1.807) is 21.0 Å². The highest BCUT2D eigenvalue weighted by Gasteiger charge is 2.36. The summed E-state index contributed by atoms with van der Waals surface area (Å²) >= 11 is 0. The Hall–Kier alpha value is -1.88. The van der Waals surface area contributed by atoms with E-state index in [9.17, 15) is 9.59 Å². The van der Waals surface area contributed by atoms with Crippen molar-refractivity contribution in [3.05, 3.63) is 28.8 Å². The number of anilines is 1. The first-order valence-electron chi connectivity index (χ1n) is 7.86. The van der Waals surface area contributed by atoms with Crippen LogP contribution in [0, 0.1) is 26.2 Å². The van der Waals surface area contributed by atoms with E-state index in [4.69, 9.17) is 4.74 Å². The number of carbonyl (C=O) groups is 2. The molecule has 5 heteroatoms. The van der Waals surface area contributed by atoms with Gasteiger partial charge in [0.05, 0.1) is 0 Å². The molecule has 1 aromatic rings. The molecule has 23 heavy (non-hydrogen) atoms. The molecule has 5 nitrogen and oxygen atoms in total. The summed E-state index contributed by atoms with van der Waals surface area (Å²) in [7, 11) is 1.62. The fourth-order valence-electron chi connectivity index (χ4n) is 2.39. The molecule has 0 fully saturated rings. The molecule has 1 rings (SSSR count). The van der Waals surface area contributed by atoms with Crippen molar-refractivity contribution >= 4 is 17.5 Å². The van der Waals surface area contributed by atoms with Crippen molar-refractivity contribution in [1.82, 2.24) is 5.32 Å². The van der Waals surface area contributed by atoms with E-state index in [1.165, 1.54) is 0 Å². The number of hydrogen-bond donors (Lipinski definition) is 2. The molecule has 0 spiro atoms. The third-order valence-corrected chi connectivity index (χ3v) is 3.86. The molecule has 0 saturated heterocycles. The van der Waals surface area contributed by atoms with Gasteiger partial charge in [-0.25, -0.2) is 0 Å². The summed E-state index contributed by atoms with van der Waals surface area (Å²) < 4.78 is 4.94. The van der Waals surface area contributed by atoms with Crippen LogP contribution in [0.4, 0.5) is 5.69 Å². The number of nitrogens with one attached hydrogen (secondary N) is 2. The molecular formula is C18H28N2O3. The Bertz CT molecular complexity index is 557. The predicted molar refractivity (Wildman–Crippen MR) is 92.6 cm³/mol. The van der Waals surface area contributed by atoms with Crippen molar-refractivity contribution in [1.29, 1.82) is 0 Å². The van der Waals surface area contributed by atoms with Gasteiger partial charge in [-0.05, 0) is 52.2 Å². The molecule has 0 bridgehead atoms. The topological polar surface area (TPSA) is 67.4 Å². The van der Waals surface area contributed by atoms with Crippen molar-refractivity contribution in [2.75, 3.05) is 25.6 Å². The van der Waals surface area contributed by atoms with Crippen LogP contribution < -0.4 is 10.6 Å². The van der Waals surface area contributed by atoms with Gasteiger partial charge in [0.2, 0.25) is 11.8 Å². The van der Waals surface area contributed by atoms with Gasteiger partial charge in [0, 0.05) is 25.9 Å².